The maximum absolute atomic E-state index is 12.2. The molecule has 0 heterocycles. The molecule has 10 heteroatoms. The van der Waals surface area contributed by atoms with Crippen molar-refractivity contribution in [2.75, 3.05) is 13.1 Å². The molecule has 0 saturated carbocycles. The highest BCUT2D eigenvalue weighted by Gasteiger charge is 2.26. The van der Waals surface area contributed by atoms with Crippen molar-refractivity contribution in [1.29, 1.82) is 0 Å². The highest BCUT2D eigenvalue weighted by Crippen LogP contribution is 2.07. The first-order valence-electron chi connectivity index (χ1n) is 9.25. The summed E-state index contributed by atoms with van der Waals surface area (Å²) < 4.78 is 0. The number of carbonyl (C=O) groups is 2. The topological polar surface area (TPSA) is 156 Å². The van der Waals surface area contributed by atoms with E-state index < -0.39 is 17.0 Å². The average Bonchev–Trinajstić information content (AvgIpc) is 2.61. The lowest BCUT2D eigenvalue weighted by atomic mass is 9.98. The summed E-state index contributed by atoms with van der Waals surface area (Å²) in [6.07, 6.45) is 0.315. The van der Waals surface area contributed by atoms with E-state index in [0.29, 0.717) is 24.5 Å². The van der Waals surface area contributed by atoms with Gasteiger partial charge in [-0.1, -0.05) is 10.3 Å². The summed E-state index contributed by atoms with van der Waals surface area (Å²) in [5.41, 5.74) is -0.177. The van der Waals surface area contributed by atoms with Gasteiger partial charge in [0.25, 0.3) is 0 Å². The first kappa shape index (κ1) is 25.8. The molecule has 0 spiro atoms. The van der Waals surface area contributed by atoms with Gasteiger partial charge in [0.15, 0.2) is 0 Å². The minimum Gasteiger partial charge on any atom is -0.481 e. The molecule has 0 saturated heterocycles. The molecule has 0 aliphatic rings. The van der Waals surface area contributed by atoms with Crippen molar-refractivity contribution in [3.63, 3.8) is 0 Å². The van der Waals surface area contributed by atoms with Crippen molar-refractivity contribution in [2.45, 2.75) is 77.9 Å². The van der Waals surface area contributed by atoms with E-state index in [0.717, 1.165) is 0 Å². The van der Waals surface area contributed by atoms with Crippen LogP contribution in [0.1, 0.15) is 60.8 Å². The average molecular weight is 402 g/mol. The van der Waals surface area contributed by atoms with Crippen LogP contribution in [0.2, 0.25) is 0 Å². The van der Waals surface area contributed by atoms with Gasteiger partial charge in [-0.3, -0.25) is 9.59 Å². The Bertz CT molecular complexity index is 553. The number of oxime groups is 2. The lowest BCUT2D eigenvalue weighted by Crippen LogP contribution is -2.57. The Hall–Kier alpha value is -2.20. The Kier molecular flexibility index (Phi) is 10.7. The van der Waals surface area contributed by atoms with Crippen molar-refractivity contribution < 1.29 is 25.1 Å². The van der Waals surface area contributed by atoms with E-state index in [9.17, 15) is 9.59 Å². The quantitative estimate of drug-likeness (QED) is 0.154. The van der Waals surface area contributed by atoms with Gasteiger partial charge in [-0.25, -0.2) is 0 Å². The van der Waals surface area contributed by atoms with Crippen LogP contribution in [0.3, 0.4) is 0 Å². The maximum atomic E-state index is 12.2. The number of nitrogens with zero attached hydrogens (tertiary/aromatic N) is 2. The molecule has 0 aliphatic heterocycles. The van der Waals surface area contributed by atoms with Crippen LogP contribution in [0.15, 0.2) is 10.3 Å². The third-order valence-corrected chi connectivity index (χ3v) is 4.85. The number of amides is 1. The second kappa shape index (κ2) is 11.6. The first-order chi connectivity index (χ1) is 12.9. The van der Waals surface area contributed by atoms with E-state index in [1.807, 2.05) is 27.7 Å². The highest BCUT2D eigenvalue weighted by molar-refractivity contribution is 5.90. The van der Waals surface area contributed by atoms with Crippen LogP contribution in [0.25, 0.3) is 0 Å². The van der Waals surface area contributed by atoms with Gasteiger partial charge in [0, 0.05) is 25.9 Å². The van der Waals surface area contributed by atoms with Gasteiger partial charge >= 0.3 is 5.97 Å². The van der Waals surface area contributed by atoms with Crippen LogP contribution in [-0.4, -0.2) is 69.0 Å². The Labute approximate surface area is 166 Å². The zero-order chi connectivity index (χ0) is 22.0. The van der Waals surface area contributed by atoms with E-state index in [4.69, 9.17) is 15.5 Å². The molecule has 0 aromatic carbocycles. The summed E-state index contributed by atoms with van der Waals surface area (Å²) in [6.45, 7) is 11.6. The molecule has 0 fully saturated rings. The van der Waals surface area contributed by atoms with E-state index in [1.54, 1.807) is 13.8 Å². The van der Waals surface area contributed by atoms with Crippen LogP contribution in [0.4, 0.5) is 0 Å². The van der Waals surface area contributed by atoms with Gasteiger partial charge in [-0.2, -0.15) is 0 Å². The predicted molar refractivity (Wildman–Crippen MR) is 107 cm³/mol. The molecule has 0 bridgehead atoms. The van der Waals surface area contributed by atoms with Crippen LogP contribution in [-0.2, 0) is 9.59 Å². The Morgan fingerprint density at radius 1 is 0.893 bits per heavy atom. The molecule has 0 radical (unpaired) electrons. The van der Waals surface area contributed by atoms with Crippen LogP contribution in [0, 0.1) is 0 Å². The zero-order valence-corrected chi connectivity index (χ0v) is 17.7. The number of nitrogens with one attached hydrogen (secondary N) is 3. The summed E-state index contributed by atoms with van der Waals surface area (Å²) in [5.74, 6) is -1.18. The standard InChI is InChI=1S/C18H35N5O5/c1-12(22-27)17(3,4)19-10-14(11-20-18(5,6)13(2)23-28)21-15(24)8-7-9-16(25)26/h14,19-20,27-28H,7-11H2,1-6H3,(H,21,24)(H,25,26)/b22-12+,23-13+. The van der Waals surface area contributed by atoms with Gasteiger partial charge < -0.3 is 31.5 Å². The summed E-state index contributed by atoms with van der Waals surface area (Å²) in [7, 11) is 0. The molecular weight excluding hydrogens is 366 g/mol. The third kappa shape index (κ3) is 9.65. The third-order valence-electron chi connectivity index (χ3n) is 4.85. The zero-order valence-electron chi connectivity index (χ0n) is 17.7. The minimum atomic E-state index is -0.936. The molecule has 0 unspecified atom stereocenters. The maximum Gasteiger partial charge on any atom is 0.303 e. The number of carboxylic acids is 1. The minimum absolute atomic E-state index is 0.0625. The normalized spacial score (nSPS) is 14.6. The summed E-state index contributed by atoms with van der Waals surface area (Å²) in [6, 6.07) is -0.325. The predicted octanol–water partition coefficient (Wildman–Crippen LogP) is 1.16. The largest absolute Gasteiger partial charge is 0.481 e. The van der Waals surface area contributed by atoms with Gasteiger partial charge in [-0.05, 0) is 48.0 Å². The Morgan fingerprint density at radius 3 is 1.68 bits per heavy atom. The summed E-state index contributed by atoms with van der Waals surface area (Å²) in [4.78, 5) is 22.8. The molecule has 0 aromatic heterocycles. The lowest BCUT2D eigenvalue weighted by molar-refractivity contribution is -0.137. The fraction of sp³-hybridized carbons (Fsp3) is 0.778. The Balaban J connectivity index is 5.00. The summed E-state index contributed by atoms with van der Waals surface area (Å²) in [5, 5.41) is 42.5. The molecule has 10 nitrogen and oxygen atoms in total. The van der Waals surface area contributed by atoms with Crippen LogP contribution in [0.5, 0.6) is 0 Å². The molecule has 162 valence electrons. The van der Waals surface area contributed by atoms with Crippen molar-refractivity contribution in [3.8, 4) is 0 Å². The van der Waals surface area contributed by atoms with E-state index >= 15 is 0 Å². The number of hydrogen-bond acceptors (Lipinski definition) is 8. The molecule has 0 aromatic rings. The smallest absolute Gasteiger partial charge is 0.303 e. The molecule has 0 aliphatic carbocycles. The SMILES string of the molecule is C/C(=N\O)C(C)(C)NCC(CNC(C)(C)/C(C)=N/O)NC(=O)CCCC(=O)O. The van der Waals surface area contributed by atoms with Crippen molar-refractivity contribution in [3.05, 3.63) is 0 Å². The second-order valence-corrected chi connectivity index (χ2v) is 7.89. The van der Waals surface area contributed by atoms with Crippen molar-refractivity contribution >= 4 is 23.3 Å². The fourth-order valence-electron chi connectivity index (χ4n) is 2.14. The molecule has 28 heavy (non-hydrogen) atoms. The summed E-state index contributed by atoms with van der Waals surface area (Å²) >= 11 is 0. The van der Waals surface area contributed by atoms with E-state index in [2.05, 4.69) is 26.3 Å². The number of aliphatic carboxylic acids is 1. The number of hydrogen-bond donors (Lipinski definition) is 6. The lowest BCUT2D eigenvalue weighted by Gasteiger charge is -2.32. The van der Waals surface area contributed by atoms with Gasteiger partial charge in [0.2, 0.25) is 5.91 Å². The number of rotatable bonds is 13. The molecular formula is C18H35N5O5. The molecule has 0 rings (SSSR count). The van der Waals surface area contributed by atoms with E-state index in [1.165, 1.54) is 0 Å². The first-order valence-corrected chi connectivity index (χ1v) is 9.25. The Morgan fingerprint density at radius 2 is 1.32 bits per heavy atom. The fourth-order valence-corrected chi connectivity index (χ4v) is 2.14. The van der Waals surface area contributed by atoms with Gasteiger partial charge in [-0.15, -0.1) is 0 Å². The van der Waals surface area contributed by atoms with Gasteiger partial charge in [0.05, 0.1) is 28.5 Å². The van der Waals surface area contributed by atoms with E-state index in [-0.39, 0.29) is 31.2 Å². The van der Waals surface area contributed by atoms with Crippen molar-refractivity contribution in [2.24, 2.45) is 10.3 Å². The number of carbonyl (C=O) groups excluding carboxylic acids is 1. The second-order valence-electron chi connectivity index (χ2n) is 7.89. The molecule has 1 amide bonds. The van der Waals surface area contributed by atoms with Crippen LogP contribution < -0.4 is 16.0 Å². The van der Waals surface area contributed by atoms with Gasteiger partial charge in [0.1, 0.15) is 0 Å². The van der Waals surface area contributed by atoms with Crippen LogP contribution >= 0.6 is 0 Å². The monoisotopic (exact) mass is 401 g/mol. The number of carboxylic acid groups (broad SMARTS) is 1. The highest BCUT2D eigenvalue weighted by atomic mass is 16.4. The van der Waals surface area contributed by atoms with Crippen molar-refractivity contribution in [1.82, 2.24) is 16.0 Å². The molecule has 0 atom stereocenters. The molecule has 6 N–H and O–H groups in total.